The van der Waals surface area contributed by atoms with Gasteiger partial charge in [0.2, 0.25) is 0 Å². The fraction of sp³-hybridized carbons (Fsp3) is 0.778. The van der Waals surface area contributed by atoms with E-state index < -0.39 is 0 Å². The van der Waals surface area contributed by atoms with Gasteiger partial charge < -0.3 is 5.32 Å². The molecular weight excluding hydrogens is 196 g/mol. The SMILES string of the molecule is CCCc1nc(C2CSCCN2)n[nH]1. The first-order chi connectivity index (χ1) is 6.90. The Balaban J connectivity index is 2.00. The maximum Gasteiger partial charge on any atom is 0.168 e. The van der Waals surface area contributed by atoms with E-state index in [2.05, 4.69) is 27.4 Å². The summed E-state index contributed by atoms with van der Waals surface area (Å²) in [5.74, 6) is 4.23. The Morgan fingerprint density at radius 2 is 2.50 bits per heavy atom. The van der Waals surface area contributed by atoms with Crippen LogP contribution in [0.25, 0.3) is 0 Å². The number of aromatic nitrogens is 3. The Hall–Kier alpha value is -0.550. The third-order valence-corrected chi connectivity index (χ3v) is 3.33. The van der Waals surface area contributed by atoms with Gasteiger partial charge in [0.15, 0.2) is 5.82 Å². The number of nitrogens with one attached hydrogen (secondary N) is 2. The predicted octanol–water partition coefficient (Wildman–Crippen LogP) is 1.13. The van der Waals surface area contributed by atoms with E-state index in [-0.39, 0.29) is 0 Å². The molecule has 5 heteroatoms. The number of hydrogen-bond donors (Lipinski definition) is 2. The lowest BCUT2D eigenvalue weighted by molar-refractivity contribution is 0.565. The molecular formula is C9H16N4S. The van der Waals surface area contributed by atoms with E-state index >= 15 is 0 Å². The highest BCUT2D eigenvalue weighted by atomic mass is 32.2. The van der Waals surface area contributed by atoms with Crippen LogP contribution in [0.4, 0.5) is 0 Å². The summed E-state index contributed by atoms with van der Waals surface area (Å²) >= 11 is 1.96. The standard InChI is InChI=1S/C9H16N4S/c1-2-3-8-11-9(13-12-8)7-6-14-5-4-10-7/h7,10H,2-6H2,1H3,(H,11,12,13). The maximum absolute atomic E-state index is 4.48. The third kappa shape index (κ3) is 2.27. The second-order valence-electron chi connectivity index (χ2n) is 3.47. The topological polar surface area (TPSA) is 53.6 Å². The van der Waals surface area contributed by atoms with Gasteiger partial charge in [-0.25, -0.2) is 4.98 Å². The van der Waals surface area contributed by atoms with Crippen LogP contribution in [0, 0.1) is 0 Å². The minimum absolute atomic E-state index is 0.343. The van der Waals surface area contributed by atoms with Gasteiger partial charge in [0, 0.05) is 24.5 Å². The number of rotatable bonds is 3. The largest absolute Gasteiger partial charge is 0.306 e. The highest BCUT2D eigenvalue weighted by molar-refractivity contribution is 7.99. The van der Waals surface area contributed by atoms with Crippen LogP contribution in [0.1, 0.15) is 31.0 Å². The summed E-state index contributed by atoms with van der Waals surface area (Å²) in [5, 5.41) is 10.7. The van der Waals surface area contributed by atoms with Crippen molar-refractivity contribution >= 4 is 11.8 Å². The van der Waals surface area contributed by atoms with Crippen molar-refractivity contribution in [2.24, 2.45) is 0 Å². The molecule has 78 valence electrons. The van der Waals surface area contributed by atoms with Crippen LogP contribution in [0.15, 0.2) is 0 Å². The lowest BCUT2D eigenvalue weighted by atomic mass is 10.3. The number of aryl methyl sites for hydroxylation is 1. The average Bonchev–Trinajstić information content (AvgIpc) is 2.68. The van der Waals surface area contributed by atoms with Crippen LogP contribution in [0.5, 0.6) is 0 Å². The molecule has 0 aromatic carbocycles. The molecule has 1 atom stereocenters. The third-order valence-electron chi connectivity index (χ3n) is 2.27. The van der Waals surface area contributed by atoms with Crippen LogP contribution in [-0.4, -0.2) is 33.2 Å². The molecule has 2 rings (SSSR count). The molecule has 2 N–H and O–H groups in total. The molecule has 0 aliphatic carbocycles. The summed E-state index contributed by atoms with van der Waals surface area (Å²) in [4.78, 5) is 4.48. The van der Waals surface area contributed by atoms with E-state index in [1.54, 1.807) is 0 Å². The van der Waals surface area contributed by atoms with Crippen molar-refractivity contribution in [1.82, 2.24) is 20.5 Å². The summed E-state index contributed by atoms with van der Waals surface area (Å²) in [6.07, 6.45) is 2.11. The van der Waals surface area contributed by atoms with Crippen LogP contribution in [0.3, 0.4) is 0 Å². The number of nitrogens with zero attached hydrogens (tertiary/aromatic N) is 2. The predicted molar refractivity (Wildman–Crippen MR) is 58.4 cm³/mol. The molecule has 0 amide bonds. The normalized spacial score (nSPS) is 22.5. The smallest absolute Gasteiger partial charge is 0.168 e. The zero-order chi connectivity index (χ0) is 9.80. The van der Waals surface area contributed by atoms with Gasteiger partial charge >= 0.3 is 0 Å². The summed E-state index contributed by atoms with van der Waals surface area (Å²) < 4.78 is 0. The Labute approximate surface area is 88.3 Å². The first kappa shape index (κ1) is 9.98. The molecule has 0 spiro atoms. The zero-order valence-electron chi connectivity index (χ0n) is 8.42. The van der Waals surface area contributed by atoms with Crippen LogP contribution < -0.4 is 5.32 Å². The Morgan fingerprint density at radius 1 is 1.57 bits per heavy atom. The van der Waals surface area contributed by atoms with Crippen molar-refractivity contribution in [3.8, 4) is 0 Å². The summed E-state index contributed by atoms with van der Waals surface area (Å²) in [6.45, 7) is 3.21. The number of H-pyrrole nitrogens is 1. The van der Waals surface area contributed by atoms with E-state index in [0.717, 1.165) is 36.8 Å². The van der Waals surface area contributed by atoms with Gasteiger partial charge in [0.05, 0.1) is 6.04 Å². The highest BCUT2D eigenvalue weighted by Crippen LogP contribution is 2.18. The molecule has 1 unspecified atom stereocenters. The second-order valence-corrected chi connectivity index (χ2v) is 4.62. The molecule has 0 saturated carbocycles. The van der Waals surface area contributed by atoms with Crippen molar-refractivity contribution < 1.29 is 0 Å². The molecule has 1 saturated heterocycles. The number of hydrogen-bond acceptors (Lipinski definition) is 4. The van der Waals surface area contributed by atoms with Gasteiger partial charge in [-0.2, -0.15) is 16.9 Å². The van der Waals surface area contributed by atoms with E-state index in [4.69, 9.17) is 0 Å². The van der Waals surface area contributed by atoms with Gasteiger partial charge in [0.25, 0.3) is 0 Å². The Kier molecular flexibility index (Phi) is 3.42. The molecule has 1 aromatic heterocycles. The summed E-state index contributed by atoms with van der Waals surface area (Å²) in [5.41, 5.74) is 0. The molecule has 14 heavy (non-hydrogen) atoms. The maximum atomic E-state index is 4.48. The lowest BCUT2D eigenvalue weighted by Crippen LogP contribution is -2.31. The van der Waals surface area contributed by atoms with E-state index in [1.165, 1.54) is 5.75 Å². The average molecular weight is 212 g/mol. The number of aromatic amines is 1. The molecule has 1 aliphatic heterocycles. The molecule has 1 aliphatic rings. The van der Waals surface area contributed by atoms with Crippen molar-refractivity contribution in [2.75, 3.05) is 18.1 Å². The van der Waals surface area contributed by atoms with E-state index in [9.17, 15) is 0 Å². The minimum Gasteiger partial charge on any atom is -0.306 e. The quantitative estimate of drug-likeness (QED) is 0.789. The highest BCUT2D eigenvalue weighted by Gasteiger charge is 2.18. The van der Waals surface area contributed by atoms with Crippen molar-refractivity contribution in [3.63, 3.8) is 0 Å². The fourth-order valence-corrected chi connectivity index (χ4v) is 2.48. The summed E-state index contributed by atoms with van der Waals surface area (Å²) in [7, 11) is 0. The van der Waals surface area contributed by atoms with Crippen molar-refractivity contribution in [3.05, 3.63) is 11.6 Å². The molecule has 0 bridgehead atoms. The van der Waals surface area contributed by atoms with Gasteiger partial charge in [-0.15, -0.1) is 0 Å². The monoisotopic (exact) mass is 212 g/mol. The van der Waals surface area contributed by atoms with Gasteiger partial charge in [-0.3, -0.25) is 5.10 Å². The zero-order valence-corrected chi connectivity index (χ0v) is 9.23. The van der Waals surface area contributed by atoms with Crippen molar-refractivity contribution in [1.29, 1.82) is 0 Å². The Bertz CT molecular complexity index is 280. The molecule has 1 fully saturated rings. The molecule has 1 aromatic rings. The van der Waals surface area contributed by atoms with Gasteiger partial charge in [0.1, 0.15) is 5.82 Å². The summed E-state index contributed by atoms with van der Waals surface area (Å²) in [6, 6.07) is 0.343. The fourth-order valence-electron chi connectivity index (χ4n) is 1.55. The van der Waals surface area contributed by atoms with E-state index in [0.29, 0.717) is 6.04 Å². The van der Waals surface area contributed by atoms with Crippen LogP contribution in [0.2, 0.25) is 0 Å². The molecule has 4 nitrogen and oxygen atoms in total. The van der Waals surface area contributed by atoms with Crippen molar-refractivity contribution in [2.45, 2.75) is 25.8 Å². The second kappa shape index (κ2) is 4.79. The first-order valence-electron chi connectivity index (χ1n) is 5.12. The van der Waals surface area contributed by atoms with Gasteiger partial charge in [-0.1, -0.05) is 6.92 Å². The van der Waals surface area contributed by atoms with E-state index in [1.807, 2.05) is 11.8 Å². The van der Waals surface area contributed by atoms with Crippen LogP contribution >= 0.6 is 11.8 Å². The van der Waals surface area contributed by atoms with Crippen LogP contribution in [-0.2, 0) is 6.42 Å². The minimum atomic E-state index is 0.343. The Morgan fingerprint density at radius 3 is 3.21 bits per heavy atom. The molecule has 2 heterocycles. The number of thioether (sulfide) groups is 1. The van der Waals surface area contributed by atoms with Gasteiger partial charge in [-0.05, 0) is 6.42 Å². The first-order valence-corrected chi connectivity index (χ1v) is 6.28. The molecule has 0 radical (unpaired) electrons. The lowest BCUT2D eigenvalue weighted by Gasteiger charge is -2.19.